The number of benzene rings is 1. The zero-order valence-electron chi connectivity index (χ0n) is 10.9. The van der Waals surface area contributed by atoms with Crippen molar-refractivity contribution in [2.24, 2.45) is 0 Å². The molecule has 0 spiro atoms. The van der Waals surface area contributed by atoms with Crippen LogP contribution in [0.3, 0.4) is 0 Å². The van der Waals surface area contributed by atoms with E-state index in [9.17, 15) is 0 Å². The van der Waals surface area contributed by atoms with Crippen LogP contribution in [0.15, 0.2) is 46.3 Å². The average molecular weight is 305 g/mol. The largest absolute Gasteiger partial charge is 0.459 e. The highest BCUT2D eigenvalue weighted by Crippen LogP contribution is 2.27. The first-order chi connectivity index (χ1) is 9.72. The third-order valence-corrected chi connectivity index (χ3v) is 4.10. The van der Waals surface area contributed by atoms with Crippen LogP contribution in [-0.4, -0.2) is 4.98 Å². The number of hydrogen-bond donors (Lipinski definition) is 1. The molecule has 2 heterocycles. The van der Waals surface area contributed by atoms with E-state index in [0.717, 1.165) is 32.8 Å². The maximum atomic E-state index is 6.14. The lowest BCUT2D eigenvalue weighted by atomic mass is 10.1. The van der Waals surface area contributed by atoms with Crippen LogP contribution in [0.4, 0.5) is 5.13 Å². The molecule has 5 heteroatoms. The molecule has 3 rings (SSSR count). The number of aryl methyl sites for hydroxylation is 1. The third-order valence-electron chi connectivity index (χ3n) is 2.96. The van der Waals surface area contributed by atoms with Gasteiger partial charge in [-0.3, -0.25) is 0 Å². The van der Waals surface area contributed by atoms with Gasteiger partial charge in [0.2, 0.25) is 0 Å². The van der Waals surface area contributed by atoms with Crippen LogP contribution in [0.25, 0.3) is 11.3 Å². The predicted octanol–water partition coefficient (Wildman–Crippen LogP) is 4.98. The SMILES string of the molecule is Cc1ccc(-c2ccc(CNc3nccs3)o2)cc1Cl. The van der Waals surface area contributed by atoms with Crippen LogP contribution in [0.1, 0.15) is 11.3 Å². The molecule has 0 fully saturated rings. The summed E-state index contributed by atoms with van der Waals surface area (Å²) in [5, 5.41) is 6.79. The van der Waals surface area contributed by atoms with Crippen LogP contribution in [-0.2, 0) is 6.54 Å². The van der Waals surface area contributed by atoms with E-state index in [-0.39, 0.29) is 0 Å². The number of halogens is 1. The van der Waals surface area contributed by atoms with Crippen molar-refractivity contribution in [2.45, 2.75) is 13.5 Å². The summed E-state index contributed by atoms with van der Waals surface area (Å²) in [7, 11) is 0. The summed E-state index contributed by atoms with van der Waals surface area (Å²) in [5.41, 5.74) is 2.05. The van der Waals surface area contributed by atoms with Crippen molar-refractivity contribution in [1.82, 2.24) is 4.98 Å². The molecule has 0 aliphatic heterocycles. The molecule has 0 aliphatic rings. The Bertz CT molecular complexity index is 706. The molecule has 0 bridgehead atoms. The smallest absolute Gasteiger partial charge is 0.182 e. The fourth-order valence-electron chi connectivity index (χ4n) is 1.85. The summed E-state index contributed by atoms with van der Waals surface area (Å²) in [4.78, 5) is 4.17. The van der Waals surface area contributed by atoms with Crippen molar-refractivity contribution in [3.05, 3.63) is 58.3 Å². The second-order valence-corrected chi connectivity index (χ2v) is 5.72. The molecule has 0 aliphatic carbocycles. The lowest BCUT2D eigenvalue weighted by Crippen LogP contribution is -1.96. The summed E-state index contributed by atoms with van der Waals surface area (Å²) in [6.45, 7) is 2.60. The Morgan fingerprint density at radius 3 is 2.95 bits per heavy atom. The average Bonchev–Trinajstić information content (AvgIpc) is 3.10. The van der Waals surface area contributed by atoms with Crippen molar-refractivity contribution in [3.63, 3.8) is 0 Å². The van der Waals surface area contributed by atoms with Gasteiger partial charge in [0.1, 0.15) is 11.5 Å². The highest BCUT2D eigenvalue weighted by molar-refractivity contribution is 7.13. The molecule has 0 saturated heterocycles. The molecule has 3 aromatic rings. The van der Waals surface area contributed by atoms with Crippen LogP contribution >= 0.6 is 22.9 Å². The van der Waals surface area contributed by atoms with Crippen molar-refractivity contribution < 1.29 is 4.42 Å². The van der Waals surface area contributed by atoms with Gasteiger partial charge in [0.15, 0.2) is 5.13 Å². The lowest BCUT2D eigenvalue weighted by molar-refractivity contribution is 0.531. The molecule has 0 amide bonds. The van der Waals surface area contributed by atoms with Crippen LogP contribution in [0.2, 0.25) is 5.02 Å². The molecule has 0 radical (unpaired) electrons. The third kappa shape index (κ3) is 2.86. The highest BCUT2D eigenvalue weighted by atomic mass is 35.5. The van der Waals surface area contributed by atoms with Gasteiger partial charge in [0.05, 0.1) is 6.54 Å². The Morgan fingerprint density at radius 1 is 1.30 bits per heavy atom. The molecule has 1 aromatic carbocycles. The van der Waals surface area contributed by atoms with Gasteiger partial charge in [-0.1, -0.05) is 23.7 Å². The standard InChI is InChI=1S/C15H13ClN2OS/c1-10-2-3-11(8-13(10)16)14-5-4-12(19-14)9-18-15-17-6-7-20-15/h2-8H,9H2,1H3,(H,17,18). The van der Waals surface area contributed by atoms with E-state index < -0.39 is 0 Å². The summed E-state index contributed by atoms with van der Waals surface area (Å²) in [6, 6.07) is 9.85. The zero-order chi connectivity index (χ0) is 13.9. The summed E-state index contributed by atoms with van der Waals surface area (Å²) in [6.07, 6.45) is 1.77. The maximum absolute atomic E-state index is 6.14. The molecule has 20 heavy (non-hydrogen) atoms. The Labute approximate surface area is 126 Å². The van der Waals surface area contributed by atoms with E-state index in [1.165, 1.54) is 0 Å². The number of rotatable bonds is 4. The van der Waals surface area contributed by atoms with Crippen LogP contribution < -0.4 is 5.32 Å². The van der Waals surface area contributed by atoms with Crippen LogP contribution in [0.5, 0.6) is 0 Å². The number of hydrogen-bond acceptors (Lipinski definition) is 4. The first kappa shape index (κ1) is 13.2. The number of nitrogens with zero attached hydrogens (tertiary/aromatic N) is 1. The predicted molar refractivity (Wildman–Crippen MR) is 83.3 cm³/mol. The summed E-state index contributed by atoms with van der Waals surface area (Å²) in [5.74, 6) is 1.69. The lowest BCUT2D eigenvalue weighted by Gasteiger charge is -2.02. The van der Waals surface area contributed by atoms with Gasteiger partial charge in [-0.15, -0.1) is 11.3 Å². The van der Waals surface area contributed by atoms with Gasteiger partial charge in [0.25, 0.3) is 0 Å². The van der Waals surface area contributed by atoms with E-state index in [0.29, 0.717) is 6.54 Å². The van der Waals surface area contributed by atoms with Gasteiger partial charge >= 0.3 is 0 Å². The van der Waals surface area contributed by atoms with Gasteiger partial charge in [-0.05, 0) is 30.7 Å². The number of aromatic nitrogens is 1. The second kappa shape index (κ2) is 5.69. The molecule has 3 nitrogen and oxygen atoms in total. The highest BCUT2D eigenvalue weighted by Gasteiger charge is 2.07. The molecule has 1 N–H and O–H groups in total. The Balaban J connectivity index is 1.74. The van der Waals surface area contributed by atoms with E-state index in [2.05, 4.69) is 10.3 Å². The molecule has 0 saturated carbocycles. The number of anilines is 1. The van der Waals surface area contributed by atoms with E-state index in [1.807, 2.05) is 42.6 Å². The normalized spacial score (nSPS) is 10.7. The Hall–Kier alpha value is -1.78. The first-order valence-corrected chi connectivity index (χ1v) is 7.47. The monoisotopic (exact) mass is 304 g/mol. The van der Waals surface area contributed by atoms with Crippen LogP contribution in [0, 0.1) is 6.92 Å². The van der Waals surface area contributed by atoms with Crippen molar-refractivity contribution in [1.29, 1.82) is 0 Å². The number of furan rings is 1. The Morgan fingerprint density at radius 2 is 2.20 bits per heavy atom. The second-order valence-electron chi connectivity index (χ2n) is 4.42. The molecule has 102 valence electrons. The maximum Gasteiger partial charge on any atom is 0.182 e. The van der Waals surface area contributed by atoms with Crippen molar-refractivity contribution >= 4 is 28.1 Å². The Kier molecular flexibility index (Phi) is 3.76. The first-order valence-electron chi connectivity index (χ1n) is 6.21. The molecular weight excluding hydrogens is 292 g/mol. The van der Waals surface area contributed by atoms with Gasteiger partial charge in [0, 0.05) is 22.2 Å². The number of nitrogens with one attached hydrogen (secondary N) is 1. The molecule has 0 unspecified atom stereocenters. The quantitative estimate of drug-likeness (QED) is 0.739. The van der Waals surface area contributed by atoms with Gasteiger partial charge < -0.3 is 9.73 Å². The van der Waals surface area contributed by atoms with E-state index >= 15 is 0 Å². The van der Waals surface area contributed by atoms with Gasteiger partial charge in [-0.2, -0.15) is 0 Å². The molecule has 0 atom stereocenters. The summed E-state index contributed by atoms with van der Waals surface area (Å²) >= 11 is 7.71. The number of thiazole rings is 1. The van der Waals surface area contributed by atoms with E-state index in [1.54, 1.807) is 17.5 Å². The van der Waals surface area contributed by atoms with Gasteiger partial charge in [-0.25, -0.2) is 4.98 Å². The topological polar surface area (TPSA) is 38.1 Å². The van der Waals surface area contributed by atoms with E-state index in [4.69, 9.17) is 16.0 Å². The fourth-order valence-corrected chi connectivity index (χ4v) is 2.56. The van der Waals surface area contributed by atoms with Crippen molar-refractivity contribution in [2.75, 3.05) is 5.32 Å². The zero-order valence-corrected chi connectivity index (χ0v) is 12.5. The van der Waals surface area contributed by atoms with Crippen molar-refractivity contribution in [3.8, 4) is 11.3 Å². The molecule has 2 aromatic heterocycles. The molecular formula is C15H13ClN2OS. The minimum atomic E-state index is 0.618. The minimum absolute atomic E-state index is 0.618. The minimum Gasteiger partial charge on any atom is -0.459 e. The summed E-state index contributed by atoms with van der Waals surface area (Å²) < 4.78 is 5.82. The fraction of sp³-hybridized carbons (Fsp3) is 0.133.